The Bertz CT molecular complexity index is 238. The molecule has 0 spiro atoms. The molecule has 0 bridgehead atoms. The van der Waals surface area contributed by atoms with E-state index in [0.29, 0.717) is 17.8 Å². The summed E-state index contributed by atoms with van der Waals surface area (Å²) in [6.07, 6.45) is 0. The second-order valence-electron chi connectivity index (χ2n) is 2.97. The number of hydrogen-bond acceptors (Lipinski definition) is 2. The van der Waals surface area contributed by atoms with Gasteiger partial charge in [-0.05, 0) is 0 Å². The summed E-state index contributed by atoms with van der Waals surface area (Å²) in [4.78, 5) is 10.0. The lowest BCUT2D eigenvalue weighted by atomic mass is 10.3. The van der Waals surface area contributed by atoms with Gasteiger partial charge < -0.3 is 9.84 Å². The third-order valence-corrected chi connectivity index (χ3v) is 2.30. The molecule has 1 aliphatic carbocycles. The molecule has 0 aromatic carbocycles. The third kappa shape index (κ3) is 1.10. The summed E-state index contributed by atoms with van der Waals surface area (Å²) < 4.78 is 5.13. The van der Waals surface area contributed by atoms with Crippen LogP contribution in [-0.4, -0.2) is 24.3 Å². The van der Waals surface area contributed by atoms with Gasteiger partial charge in [-0.3, -0.25) is 0 Å². The number of hydrogen-bond donors (Lipinski definition) is 1. The minimum absolute atomic E-state index is 0.305. The molecule has 1 aliphatic heterocycles. The van der Waals surface area contributed by atoms with E-state index in [1.807, 2.05) is 0 Å². The molecule has 1 saturated carbocycles. The minimum atomic E-state index is -1.03. The molecule has 0 aromatic heterocycles. The summed E-state index contributed by atoms with van der Waals surface area (Å²) in [6.45, 7) is 1.53. The number of carboxylic acids is 1. The van der Waals surface area contributed by atoms with Gasteiger partial charge in [0, 0.05) is 23.7 Å². The van der Waals surface area contributed by atoms with Crippen molar-refractivity contribution in [2.45, 2.75) is 0 Å². The van der Waals surface area contributed by atoms with Crippen LogP contribution in [-0.2, 0) is 9.53 Å². The summed E-state index contributed by atoms with van der Waals surface area (Å²) >= 11 is 0. The van der Waals surface area contributed by atoms with E-state index in [1.165, 1.54) is 0 Å². The molecule has 0 radical (unpaired) electrons. The van der Waals surface area contributed by atoms with Gasteiger partial charge in [0.05, 0.1) is 13.2 Å². The van der Waals surface area contributed by atoms with Gasteiger partial charge >= 0.3 is 5.97 Å². The Kier molecular flexibility index (Phi) is 1.36. The molecular formula is C8H8O3. The van der Waals surface area contributed by atoms with Crippen molar-refractivity contribution in [3.63, 3.8) is 0 Å². The average Bonchev–Trinajstić information content (AvgIpc) is 2.44. The second kappa shape index (κ2) is 2.24. The van der Waals surface area contributed by atoms with Crippen molar-refractivity contribution in [2.24, 2.45) is 17.8 Å². The molecule has 3 nitrogen and oxygen atoms in total. The number of aliphatic carboxylic acids is 1. The normalized spacial score (nSPS) is 38.7. The average molecular weight is 152 g/mol. The van der Waals surface area contributed by atoms with Crippen molar-refractivity contribution < 1.29 is 14.6 Å². The maximum absolute atomic E-state index is 10.0. The molecular weight excluding hydrogens is 144 g/mol. The first-order chi connectivity index (χ1) is 5.29. The van der Waals surface area contributed by atoms with Gasteiger partial charge in [-0.15, -0.1) is 0 Å². The highest BCUT2D eigenvalue weighted by Crippen LogP contribution is 2.50. The van der Waals surface area contributed by atoms with E-state index in [1.54, 1.807) is 0 Å². The fourth-order valence-corrected chi connectivity index (χ4v) is 1.60. The summed E-state index contributed by atoms with van der Waals surface area (Å²) in [5.41, 5.74) is 0. The predicted octanol–water partition coefficient (Wildman–Crippen LogP) is -0.0332. The molecule has 0 amide bonds. The lowest BCUT2D eigenvalue weighted by Gasteiger charge is -1.93. The Morgan fingerprint density at radius 2 is 2.09 bits per heavy atom. The van der Waals surface area contributed by atoms with Crippen molar-refractivity contribution in [3.8, 4) is 11.8 Å². The number of rotatable bonds is 0. The zero-order valence-electron chi connectivity index (χ0n) is 5.91. The van der Waals surface area contributed by atoms with Gasteiger partial charge in [0.25, 0.3) is 0 Å². The zero-order chi connectivity index (χ0) is 7.84. The van der Waals surface area contributed by atoms with Crippen LogP contribution in [0, 0.1) is 29.6 Å². The van der Waals surface area contributed by atoms with E-state index >= 15 is 0 Å². The van der Waals surface area contributed by atoms with Crippen molar-refractivity contribution in [1.82, 2.24) is 0 Å². The SMILES string of the molecule is O=C(O)C#CC1C2COCC12. The van der Waals surface area contributed by atoms with Crippen LogP contribution < -0.4 is 0 Å². The van der Waals surface area contributed by atoms with Crippen LogP contribution in [0.1, 0.15) is 0 Å². The van der Waals surface area contributed by atoms with E-state index < -0.39 is 5.97 Å². The Morgan fingerprint density at radius 1 is 1.45 bits per heavy atom. The van der Waals surface area contributed by atoms with Crippen LogP contribution >= 0.6 is 0 Å². The highest BCUT2D eigenvalue weighted by Gasteiger charge is 2.53. The van der Waals surface area contributed by atoms with Gasteiger partial charge in [0.15, 0.2) is 0 Å². The summed E-state index contributed by atoms with van der Waals surface area (Å²) in [6, 6.07) is 0. The molecule has 11 heavy (non-hydrogen) atoms. The van der Waals surface area contributed by atoms with E-state index in [0.717, 1.165) is 13.2 Å². The Hall–Kier alpha value is -1.01. The first kappa shape index (κ1) is 6.68. The quantitative estimate of drug-likeness (QED) is 0.496. The fraction of sp³-hybridized carbons (Fsp3) is 0.625. The van der Waals surface area contributed by atoms with Crippen LogP contribution in [0.25, 0.3) is 0 Å². The van der Waals surface area contributed by atoms with Gasteiger partial charge in [-0.1, -0.05) is 5.92 Å². The second-order valence-corrected chi connectivity index (χ2v) is 2.97. The molecule has 2 aliphatic rings. The van der Waals surface area contributed by atoms with Crippen molar-refractivity contribution in [1.29, 1.82) is 0 Å². The van der Waals surface area contributed by atoms with E-state index in [4.69, 9.17) is 9.84 Å². The maximum atomic E-state index is 10.0. The number of carbonyl (C=O) groups is 1. The third-order valence-electron chi connectivity index (χ3n) is 2.30. The molecule has 2 atom stereocenters. The van der Waals surface area contributed by atoms with Gasteiger partial charge in [-0.25, -0.2) is 4.79 Å². The topological polar surface area (TPSA) is 46.5 Å². The number of fused-ring (bicyclic) bond motifs is 1. The van der Waals surface area contributed by atoms with Crippen LogP contribution in [0.15, 0.2) is 0 Å². The van der Waals surface area contributed by atoms with Gasteiger partial charge in [0.1, 0.15) is 0 Å². The summed E-state index contributed by atoms with van der Waals surface area (Å²) in [5.74, 6) is 5.21. The first-order valence-corrected chi connectivity index (χ1v) is 3.61. The zero-order valence-corrected chi connectivity index (χ0v) is 5.91. The summed E-state index contributed by atoms with van der Waals surface area (Å²) in [5, 5.41) is 8.25. The number of carboxylic acid groups (broad SMARTS) is 1. The molecule has 2 rings (SSSR count). The van der Waals surface area contributed by atoms with Crippen molar-refractivity contribution >= 4 is 5.97 Å². The largest absolute Gasteiger partial charge is 0.472 e. The van der Waals surface area contributed by atoms with Crippen molar-refractivity contribution in [2.75, 3.05) is 13.2 Å². The van der Waals surface area contributed by atoms with Crippen LogP contribution in [0.3, 0.4) is 0 Å². The molecule has 2 fully saturated rings. The Morgan fingerprint density at radius 3 is 2.64 bits per heavy atom. The highest BCUT2D eigenvalue weighted by molar-refractivity contribution is 5.86. The van der Waals surface area contributed by atoms with E-state index in [9.17, 15) is 4.79 Å². The summed E-state index contributed by atoms with van der Waals surface area (Å²) in [7, 11) is 0. The van der Waals surface area contributed by atoms with Crippen molar-refractivity contribution in [3.05, 3.63) is 0 Å². The van der Waals surface area contributed by atoms with Crippen LogP contribution in [0.2, 0.25) is 0 Å². The van der Waals surface area contributed by atoms with E-state index in [2.05, 4.69) is 11.8 Å². The first-order valence-electron chi connectivity index (χ1n) is 3.61. The van der Waals surface area contributed by atoms with Gasteiger partial charge in [0.2, 0.25) is 0 Å². The van der Waals surface area contributed by atoms with Crippen LogP contribution in [0.5, 0.6) is 0 Å². The molecule has 3 heteroatoms. The molecule has 58 valence electrons. The molecule has 2 unspecified atom stereocenters. The number of ether oxygens (including phenoxy) is 1. The minimum Gasteiger partial charge on any atom is -0.472 e. The lowest BCUT2D eigenvalue weighted by Crippen LogP contribution is -1.96. The Labute approximate surface area is 64.4 Å². The predicted molar refractivity (Wildman–Crippen MR) is 36.7 cm³/mol. The van der Waals surface area contributed by atoms with Gasteiger partial charge in [-0.2, -0.15) is 0 Å². The maximum Gasteiger partial charge on any atom is 0.381 e. The molecule has 1 N–H and O–H groups in total. The lowest BCUT2D eigenvalue weighted by molar-refractivity contribution is -0.130. The van der Waals surface area contributed by atoms with Crippen LogP contribution in [0.4, 0.5) is 0 Å². The highest BCUT2D eigenvalue weighted by atomic mass is 16.5. The Balaban J connectivity index is 1.93. The molecule has 0 aromatic rings. The van der Waals surface area contributed by atoms with E-state index in [-0.39, 0.29) is 0 Å². The monoisotopic (exact) mass is 152 g/mol. The smallest absolute Gasteiger partial charge is 0.381 e. The molecule has 1 heterocycles. The standard InChI is InChI=1S/C8H8O3/c9-8(10)2-1-5-6-3-11-4-7(5)6/h5-7H,3-4H2,(H,9,10). The fourth-order valence-electron chi connectivity index (χ4n) is 1.60. The molecule has 1 saturated heterocycles.